The van der Waals surface area contributed by atoms with Gasteiger partial charge in [0.1, 0.15) is 5.82 Å². The van der Waals surface area contributed by atoms with Crippen molar-refractivity contribution in [2.24, 2.45) is 0 Å². The molecule has 2 aromatic carbocycles. The van der Waals surface area contributed by atoms with Gasteiger partial charge in [-0.2, -0.15) is 5.26 Å². The SMILES string of the molecule is CCOc1cc(C#N)ccc1O[C@H](C)C(=O)c1ccc(F)cc1. The van der Waals surface area contributed by atoms with E-state index in [1.54, 1.807) is 25.1 Å². The van der Waals surface area contributed by atoms with Gasteiger partial charge < -0.3 is 9.47 Å². The maximum absolute atomic E-state index is 12.9. The fraction of sp³-hybridized carbons (Fsp3) is 0.222. The second kappa shape index (κ2) is 7.41. The van der Waals surface area contributed by atoms with Crippen molar-refractivity contribution in [3.05, 3.63) is 59.4 Å². The monoisotopic (exact) mass is 313 g/mol. The molecule has 0 saturated carbocycles. The zero-order valence-electron chi connectivity index (χ0n) is 12.9. The number of Topliss-reactive ketones (excluding diaryl/α,β-unsaturated/α-hetero) is 1. The first-order chi connectivity index (χ1) is 11.0. The largest absolute Gasteiger partial charge is 0.490 e. The van der Waals surface area contributed by atoms with Gasteiger partial charge in [-0.1, -0.05) is 0 Å². The first kappa shape index (κ1) is 16.5. The van der Waals surface area contributed by atoms with Gasteiger partial charge in [-0.3, -0.25) is 4.79 Å². The molecule has 0 aliphatic heterocycles. The second-order valence-corrected chi connectivity index (χ2v) is 4.84. The van der Waals surface area contributed by atoms with Crippen LogP contribution in [0.25, 0.3) is 0 Å². The van der Waals surface area contributed by atoms with E-state index in [2.05, 4.69) is 0 Å². The highest BCUT2D eigenvalue weighted by Gasteiger charge is 2.19. The number of halogens is 1. The summed E-state index contributed by atoms with van der Waals surface area (Å²) in [5.41, 5.74) is 0.809. The van der Waals surface area contributed by atoms with Crippen LogP contribution < -0.4 is 9.47 Å². The van der Waals surface area contributed by atoms with E-state index in [1.807, 2.05) is 13.0 Å². The number of rotatable bonds is 6. The average Bonchev–Trinajstić information content (AvgIpc) is 2.56. The molecule has 1 atom stereocenters. The van der Waals surface area contributed by atoms with Crippen LogP contribution in [0, 0.1) is 17.1 Å². The van der Waals surface area contributed by atoms with Crippen molar-refractivity contribution in [3.63, 3.8) is 0 Å². The summed E-state index contributed by atoms with van der Waals surface area (Å²) < 4.78 is 24.0. The molecule has 118 valence electrons. The quantitative estimate of drug-likeness (QED) is 0.762. The zero-order chi connectivity index (χ0) is 16.8. The number of ether oxygens (including phenoxy) is 2. The van der Waals surface area contributed by atoms with Gasteiger partial charge in [0.05, 0.1) is 18.2 Å². The molecule has 23 heavy (non-hydrogen) atoms. The van der Waals surface area contributed by atoms with Crippen LogP contribution >= 0.6 is 0 Å². The van der Waals surface area contributed by atoms with Crippen LogP contribution in [-0.4, -0.2) is 18.5 Å². The first-order valence-corrected chi connectivity index (χ1v) is 7.18. The van der Waals surface area contributed by atoms with Crippen molar-refractivity contribution in [1.82, 2.24) is 0 Å². The average molecular weight is 313 g/mol. The molecule has 2 rings (SSSR count). The van der Waals surface area contributed by atoms with E-state index in [9.17, 15) is 9.18 Å². The molecular formula is C18H16FNO3. The Kier molecular flexibility index (Phi) is 5.32. The minimum Gasteiger partial charge on any atom is -0.490 e. The molecule has 0 unspecified atom stereocenters. The van der Waals surface area contributed by atoms with Gasteiger partial charge in [-0.25, -0.2) is 4.39 Å². The number of benzene rings is 2. The number of ketones is 1. The summed E-state index contributed by atoms with van der Waals surface area (Å²) >= 11 is 0. The van der Waals surface area contributed by atoms with Crippen molar-refractivity contribution in [2.45, 2.75) is 20.0 Å². The van der Waals surface area contributed by atoms with Gasteiger partial charge in [0, 0.05) is 11.6 Å². The highest BCUT2D eigenvalue weighted by Crippen LogP contribution is 2.29. The molecule has 0 aliphatic rings. The van der Waals surface area contributed by atoms with Crippen LogP contribution in [0.5, 0.6) is 11.5 Å². The Bertz CT molecular complexity index is 735. The maximum Gasteiger partial charge on any atom is 0.202 e. The number of carbonyl (C=O) groups is 1. The van der Waals surface area contributed by atoms with Crippen LogP contribution in [0.15, 0.2) is 42.5 Å². The number of hydrogen-bond donors (Lipinski definition) is 0. The molecule has 0 N–H and O–H groups in total. The lowest BCUT2D eigenvalue weighted by atomic mass is 10.1. The summed E-state index contributed by atoms with van der Waals surface area (Å²) in [5.74, 6) is 0.122. The van der Waals surface area contributed by atoms with E-state index < -0.39 is 11.9 Å². The van der Waals surface area contributed by atoms with Gasteiger partial charge in [0.25, 0.3) is 0 Å². The van der Waals surface area contributed by atoms with E-state index in [0.717, 1.165) is 0 Å². The van der Waals surface area contributed by atoms with E-state index >= 15 is 0 Å². The standard InChI is InChI=1S/C18H16FNO3/c1-3-22-17-10-13(11-20)4-9-16(17)23-12(2)18(21)14-5-7-15(19)8-6-14/h4-10,12H,3H2,1-2H3/t12-/m1/s1. The molecule has 0 aliphatic carbocycles. The van der Waals surface area contributed by atoms with Crippen LogP contribution in [0.1, 0.15) is 29.8 Å². The topological polar surface area (TPSA) is 59.3 Å². The lowest BCUT2D eigenvalue weighted by Gasteiger charge is -2.17. The summed E-state index contributed by atoms with van der Waals surface area (Å²) in [4.78, 5) is 12.3. The summed E-state index contributed by atoms with van der Waals surface area (Å²) in [5, 5.41) is 8.93. The van der Waals surface area contributed by atoms with Crippen LogP contribution in [-0.2, 0) is 0 Å². The lowest BCUT2D eigenvalue weighted by Crippen LogP contribution is -2.24. The Morgan fingerprint density at radius 1 is 1.22 bits per heavy atom. The number of nitriles is 1. The number of carbonyl (C=O) groups excluding carboxylic acids is 1. The zero-order valence-corrected chi connectivity index (χ0v) is 12.9. The molecular weight excluding hydrogens is 297 g/mol. The van der Waals surface area contributed by atoms with Crippen molar-refractivity contribution >= 4 is 5.78 Å². The third kappa shape index (κ3) is 4.07. The van der Waals surface area contributed by atoms with Crippen molar-refractivity contribution in [2.75, 3.05) is 6.61 Å². The Balaban J connectivity index is 2.19. The first-order valence-electron chi connectivity index (χ1n) is 7.18. The van der Waals surface area contributed by atoms with Crippen LogP contribution in [0.4, 0.5) is 4.39 Å². The highest BCUT2D eigenvalue weighted by molar-refractivity contribution is 5.99. The molecule has 0 radical (unpaired) electrons. The summed E-state index contributed by atoms with van der Waals surface area (Å²) in [6.07, 6.45) is -0.771. The lowest BCUT2D eigenvalue weighted by molar-refractivity contribution is 0.0813. The molecule has 0 fully saturated rings. The fourth-order valence-corrected chi connectivity index (χ4v) is 2.04. The Hall–Kier alpha value is -2.87. The van der Waals surface area contributed by atoms with E-state index in [4.69, 9.17) is 14.7 Å². The van der Waals surface area contributed by atoms with Crippen LogP contribution in [0.2, 0.25) is 0 Å². The molecule has 4 nitrogen and oxygen atoms in total. The smallest absolute Gasteiger partial charge is 0.202 e. The second-order valence-electron chi connectivity index (χ2n) is 4.84. The van der Waals surface area contributed by atoms with Gasteiger partial charge in [-0.05, 0) is 50.2 Å². The van der Waals surface area contributed by atoms with Gasteiger partial charge in [-0.15, -0.1) is 0 Å². The minimum atomic E-state index is -0.771. The minimum absolute atomic E-state index is 0.267. The summed E-state index contributed by atoms with van der Waals surface area (Å²) in [6.45, 7) is 3.83. The Morgan fingerprint density at radius 3 is 2.52 bits per heavy atom. The number of hydrogen-bond acceptors (Lipinski definition) is 4. The summed E-state index contributed by atoms with van der Waals surface area (Å²) in [7, 11) is 0. The maximum atomic E-state index is 12.9. The third-order valence-electron chi connectivity index (χ3n) is 3.17. The molecule has 5 heteroatoms. The van der Waals surface area contributed by atoms with Gasteiger partial charge >= 0.3 is 0 Å². The normalized spacial score (nSPS) is 11.4. The van der Waals surface area contributed by atoms with E-state index in [0.29, 0.717) is 29.2 Å². The number of nitrogens with zero attached hydrogens (tertiary/aromatic N) is 1. The van der Waals surface area contributed by atoms with Crippen molar-refractivity contribution in [1.29, 1.82) is 5.26 Å². The van der Waals surface area contributed by atoms with Crippen molar-refractivity contribution in [3.8, 4) is 17.6 Å². The Labute approximate surface area is 134 Å². The van der Waals surface area contributed by atoms with Gasteiger partial charge in [0.15, 0.2) is 17.6 Å². The molecule has 0 spiro atoms. The van der Waals surface area contributed by atoms with Crippen LogP contribution in [0.3, 0.4) is 0 Å². The molecule has 0 aromatic heterocycles. The predicted octanol–water partition coefficient (Wildman–Crippen LogP) is 3.75. The molecule has 0 saturated heterocycles. The van der Waals surface area contributed by atoms with E-state index in [-0.39, 0.29) is 5.78 Å². The highest BCUT2D eigenvalue weighted by atomic mass is 19.1. The molecule has 2 aromatic rings. The molecule has 0 heterocycles. The third-order valence-corrected chi connectivity index (χ3v) is 3.17. The van der Waals surface area contributed by atoms with Crippen molar-refractivity contribution < 1.29 is 18.7 Å². The van der Waals surface area contributed by atoms with E-state index in [1.165, 1.54) is 24.3 Å². The molecule has 0 bridgehead atoms. The summed E-state index contributed by atoms with van der Waals surface area (Å²) in [6, 6.07) is 12.1. The Morgan fingerprint density at radius 2 is 1.91 bits per heavy atom. The predicted molar refractivity (Wildman–Crippen MR) is 83.1 cm³/mol. The van der Waals surface area contributed by atoms with Gasteiger partial charge in [0.2, 0.25) is 5.78 Å². The fourth-order valence-electron chi connectivity index (χ4n) is 2.04. The molecule has 0 amide bonds.